The zero-order valence-corrected chi connectivity index (χ0v) is 24.4. The molecule has 2 unspecified atom stereocenters. The van der Waals surface area contributed by atoms with Crippen LogP contribution in [0.4, 0.5) is 24.5 Å². The standard InChI is InChI=1S/C27H19F3N4O7S3/c28-27(29,30)13-3-1-4-15(11-13)34-23(36)20-19(17-5-2-10-41-17)22-25(42-21(20)24(34)37)33(26(38)43-22)12-18(35)32-14-6-8-16(9-7-14)44(31,39)40/h1-11,19-21H,12H2,(H,32,35)(H2,31,39,40)/t19-,20?,21?/m1/s1. The van der Waals surface area contributed by atoms with E-state index in [0.717, 1.165) is 50.8 Å². The van der Waals surface area contributed by atoms with E-state index in [1.165, 1.54) is 36.6 Å². The zero-order chi connectivity index (χ0) is 31.6. The van der Waals surface area contributed by atoms with Crippen molar-refractivity contribution in [3.8, 4) is 0 Å². The number of fused-ring (bicyclic) bond motifs is 2. The Morgan fingerprint density at radius 3 is 2.39 bits per heavy atom. The molecule has 2 aliphatic heterocycles. The molecule has 44 heavy (non-hydrogen) atoms. The summed E-state index contributed by atoms with van der Waals surface area (Å²) in [7, 11) is -3.95. The number of nitrogens with zero attached hydrogens (tertiary/aromatic N) is 2. The Morgan fingerprint density at radius 1 is 1.02 bits per heavy atom. The van der Waals surface area contributed by atoms with Crippen LogP contribution in [0, 0.1) is 5.92 Å². The summed E-state index contributed by atoms with van der Waals surface area (Å²) in [6, 6.07) is 12.1. The SMILES string of the molecule is NS(=O)(=O)c1ccc(NC(=O)Cn2c3c(sc2=O)[C@H](c2ccco2)C2C(=O)N(c4cccc(C(F)(F)F)c4)C(=O)C2S3)cc1. The lowest BCUT2D eigenvalue weighted by Crippen LogP contribution is -2.32. The molecule has 3 amide bonds. The molecule has 2 aromatic heterocycles. The van der Waals surface area contributed by atoms with Crippen LogP contribution in [-0.2, 0) is 37.1 Å². The molecule has 2 aromatic carbocycles. The molecule has 3 N–H and O–H groups in total. The topological polar surface area (TPSA) is 162 Å². The number of aromatic nitrogens is 1. The molecular weight excluding hydrogens is 646 g/mol. The van der Waals surface area contributed by atoms with Gasteiger partial charge in [-0.25, -0.2) is 18.5 Å². The number of carbonyl (C=O) groups excluding carboxylic acids is 3. The van der Waals surface area contributed by atoms with E-state index in [9.17, 15) is 40.8 Å². The molecule has 0 aliphatic carbocycles. The fourth-order valence-corrected chi connectivity index (χ4v) is 8.45. The molecule has 17 heteroatoms. The fraction of sp³-hybridized carbons (Fsp3) is 0.185. The molecule has 11 nitrogen and oxygen atoms in total. The second-order valence-electron chi connectivity index (χ2n) is 9.86. The van der Waals surface area contributed by atoms with Crippen LogP contribution in [0.5, 0.6) is 0 Å². The lowest BCUT2D eigenvalue weighted by atomic mass is 9.87. The minimum absolute atomic E-state index is 0.163. The minimum Gasteiger partial charge on any atom is -0.469 e. The molecule has 1 saturated heterocycles. The number of carbonyl (C=O) groups is 3. The quantitative estimate of drug-likeness (QED) is 0.296. The number of nitrogens with one attached hydrogen (secondary N) is 1. The first-order valence-electron chi connectivity index (χ1n) is 12.7. The summed E-state index contributed by atoms with van der Waals surface area (Å²) in [6.45, 7) is -0.490. The molecule has 3 atom stereocenters. The third-order valence-electron chi connectivity index (χ3n) is 7.10. The van der Waals surface area contributed by atoms with Crippen molar-refractivity contribution in [2.45, 2.75) is 33.8 Å². The number of thiazole rings is 1. The van der Waals surface area contributed by atoms with Gasteiger partial charge in [0.25, 0.3) is 0 Å². The van der Waals surface area contributed by atoms with Gasteiger partial charge in [0.05, 0.1) is 44.1 Å². The van der Waals surface area contributed by atoms with Crippen LogP contribution in [0.3, 0.4) is 0 Å². The highest BCUT2D eigenvalue weighted by molar-refractivity contribution is 8.00. The number of rotatable bonds is 6. The Morgan fingerprint density at radius 2 is 1.75 bits per heavy atom. The average Bonchev–Trinajstić information content (AvgIpc) is 3.65. The van der Waals surface area contributed by atoms with Crippen molar-refractivity contribution in [2.24, 2.45) is 11.1 Å². The molecule has 1 fully saturated rings. The second-order valence-corrected chi connectivity index (χ2v) is 13.5. The van der Waals surface area contributed by atoms with Crippen molar-refractivity contribution in [2.75, 3.05) is 10.2 Å². The van der Waals surface area contributed by atoms with E-state index in [0.29, 0.717) is 4.88 Å². The highest BCUT2D eigenvalue weighted by atomic mass is 32.2. The van der Waals surface area contributed by atoms with E-state index in [1.54, 1.807) is 12.1 Å². The molecular formula is C27H19F3N4O7S3. The van der Waals surface area contributed by atoms with Gasteiger partial charge >= 0.3 is 11.0 Å². The highest BCUT2D eigenvalue weighted by Gasteiger charge is 2.57. The number of hydrogen-bond donors (Lipinski definition) is 2. The summed E-state index contributed by atoms with van der Waals surface area (Å²) < 4.78 is 70.0. The molecule has 0 bridgehead atoms. The molecule has 228 valence electrons. The lowest BCUT2D eigenvalue weighted by Gasteiger charge is -2.29. The zero-order valence-electron chi connectivity index (χ0n) is 22.0. The van der Waals surface area contributed by atoms with Crippen LogP contribution < -0.4 is 20.2 Å². The summed E-state index contributed by atoms with van der Waals surface area (Å²) in [4.78, 5) is 53.9. The third-order valence-corrected chi connectivity index (χ3v) is 10.6. The Labute approximate surface area is 254 Å². The first-order chi connectivity index (χ1) is 20.7. The Hall–Kier alpha value is -4.19. The van der Waals surface area contributed by atoms with Crippen molar-refractivity contribution < 1.29 is 40.4 Å². The molecule has 4 heterocycles. The Bertz CT molecular complexity index is 1970. The number of benzene rings is 2. The number of amides is 3. The maximum atomic E-state index is 13.8. The number of anilines is 2. The monoisotopic (exact) mass is 664 g/mol. The maximum absolute atomic E-state index is 13.8. The first kappa shape index (κ1) is 29.9. The van der Waals surface area contributed by atoms with Gasteiger partial charge in [-0.15, -0.1) is 0 Å². The number of furan rings is 1. The molecule has 4 aromatic rings. The van der Waals surface area contributed by atoms with Gasteiger partial charge in [-0.3, -0.25) is 23.7 Å². The van der Waals surface area contributed by atoms with E-state index in [4.69, 9.17) is 9.56 Å². The van der Waals surface area contributed by atoms with E-state index in [-0.39, 0.29) is 27.1 Å². The summed E-state index contributed by atoms with van der Waals surface area (Å²) in [5, 5.41) is 6.77. The van der Waals surface area contributed by atoms with Gasteiger partial charge in [0, 0.05) is 5.69 Å². The predicted molar refractivity (Wildman–Crippen MR) is 153 cm³/mol. The van der Waals surface area contributed by atoms with Gasteiger partial charge in [-0.2, -0.15) is 13.2 Å². The molecule has 6 rings (SSSR count). The predicted octanol–water partition coefficient (Wildman–Crippen LogP) is 3.60. The van der Waals surface area contributed by atoms with Crippen molar-refractivity contribution in [1.82, 2.24) is 4.57 Å². The highest BCUT2D eigenvalue weighted by Crippen LogP contribution is 2.54. The number of imide groups is 1. The van der Waals surface area contributed by atoms with Crippen LogP contribution in [0.25, 0.3) is 0 Å². The summed E-state index contributed by atoms with van der Waals surface area (Å²) in [6.07, 6.45) is -3.35. The molecule has 2 aliphatic rings. The second kappa shape index (κ2) is 10.8. The van der Waals surface area contributed by atoms with E-state index >= 15 is 0 Å². The van der Waals surface area contributed by atoms with Crippen molar-refractivity contribution in [1.29, 1.82) is 0 Å². The van der Waals surface area contributed by atoms with E-state index in [2.05, 4.69) is 5.32 Å². The van der Waals surface area contributed by atoms with Crippen molar-refractivity contribution >= 4 is 62.2 Å². The van der Waals surface area contributed by atoms with Gasteiger partial charge in [0.2, 0.25) is 27.7 Å². The number of halogens is 3. The number of sulfonamides is 1. The number of thioether (sulfide) groups is 1. The van der Waals surface area contributed by atoms with Gasteiger partial charge in [0.1, 0.15) is 17.6 Å². The fourth-order valence-electron chi connectivity index (χ4n) is 5.18. The smallest absolute Gasteiger partial charge is 0.416 e. The van der Waals surface area contributed by atoms with Gasteiger partial charge < -0.3 is 9.73 Å². The van der Waals surface area contributed by atoms with Crippen LogP contribution in [0.1, 0.15) is 22.1 Å². The Balaban J connectivity index is 1.34. The van der Waals surface area contributed by atoms with Crippen LogP contribution in [-0.4, -0.2) is 36.0 Å². The van der Waals surface area contributed by atoms with Gasteiger partial charge in [-0.1, -0.05) is 29.2 Å². The maximum Gasteiger partial charge on any atom is 0.416 e. The first-order valence-corrected chi connectivity index (χ1v) is 15.9. The Kier molecular flexibility index (Phi) is 7.30. The number of nitrogens with two attached hydrogens (primary N) is 1. The minimum atomic E-state index is -4.70. The number of hydrogen-bond acceptors (Lipinski definition) is 9. The molecule has 0 radical (unpaired) electrons. The molecule has 0 spiro atoms. The number of primary sulfonamides is 1. The summed E-state index contributed by atoms with van der Waals surface area (Å²) >= 11 is 1.65. The lowest BCUT2D eigenvalue weighted by molar-refractivity contribution is -0.137. The summed E-state index contributed by atoms with van der Waals surface area (Å²) in [5.74, 6) is -3.91. The van der Waals surface area contributed by atoms with E-state index in [1.807, 2.05) is 0 Å². The van der Waals surface area contributed by atoms with Crippen LogP contribution >= 0.6 is 23.1 Å². The van der Waals surface area contributed by atoms with Gasteiger partial charge in [-0.05, 0) is 54.6 Å². The van der Waals surface area contributed by atoms with Crippen LogP contribution in [0.2, 0.25) is 0 Å². The van der Waals surface area contributed by atoms with Crippen LogP contribution in [0.15, 0.2) is 86.1 Å². The third kappa shape index (κ3) is 5.25. The largest absolute Gasteiger partial charge is 0.469 e. The number of alkyl halides is 3. The van der Waals surface area contributed by atoms with E-state index < -0.39 is 68.0 Å². The van der Waals surface area contributed by atoms with Crippen molar-refractivity contribution in [3.05, 3.63) is 92.8 Å². The van der Waals surface area contributed by atoms with Gasteiger partial charge in [0.15, 0.2) is 0 Å². The molecule has 0 saturated carbocycles. The average molecular weight is 665 g/mol. The normalized spacial score (nSPS) is 20.0. The van der Waals surface area contributed by atoms with Crippen molar-refractivity contribution in [3.63, 3.8) is 0 Å². The summed E-state index contributed by atoms with van der Waals surface area (Å²) in [5.41, 5.74) is -1.04.